The van der Waals surface area contributed by atoms with Gasteiger partial charge in [-0.2, -0.15) is 5.10 Å². The summed E-state index contributed by atoms with van der Waals surface area (Å²) >= 11 is 9.45. The summed E-state index contributed by atoms with van der Waals surface area (Å²) in [7, 11) is 1.71. The lowest BCUT2D eigenvalue weighted by atomic mass is 9.88. The Bertz CT molecular complexity index is 929. The smallest absolute Gasteiger partial charge is 0.169 e. The molecule has 1 atom stereocenters. The Labute approximate surface area is 161 Å². The molecule has 1 aliphatic carbocycles. The van der Waals surface area contributed by atoms with Gasteiger partial charge < -0.3 is 0 Å². The fourth-order valence-corrected chi connectivity index (χ4v) is 5.64. The van der Waals surface area contributed by atoms with Gasteiger partial charge in [0.2, 0.25) is 0 Å². The third-order valence-corrected chi connectivity index (χ3v) is 7.00. The highest BCUT2D eigenvalue weighted by Crippen LogP contribution is 2.45. The first-order chi connectivity index (χ1) is 11.5. The van der Waals surface area contributed by atoms with Crippen molar-refractivity contribution in [2.24, 2.45) is 5.10 Å². The number of fused-ring (bicyclic) bond motifs is 1. The number of allylic oxidation sites excluding steroid dienone is 2. The summed E-state index contributed by atoms with van der Waals surface area (Å²) in [4.78, 5) is 1.31. The molecule has 1 unspecified atom stereocenters. The average molecular weight is 493 g/mol. The van der Waals surface area contributed by atoms with E-state index in [0.717, 1.165) is 7.57 Å². The van der Waals surface area contributed by atoms with E-state index < -0.39 is 17.7 Å². The molecule has 0 fully saturated rings. The van der Waals surface area contributed by atoms with Crippen molar-refractivity contribution in [1.29, 1.82) is 0 Å². The zero-order chi connectivity index (χ0) is 17.0. The van der Waals surface area contributed by atoms with Gasteiger partial charge in [0.05, 0.1) is 18.9 Å². The molecule has 2 aliphatic rings. The molecule has 0 bridgehead atoms. The SMILES string of the molecule is CN1N=C2C(c3ccc(Br)s3)=C(F)C(F)=C(c3ccc(Br)s3)C2N1. The van der Waals surface area contributed by atoms with E-state index in [1.54, 1.807) is 19.2 Å². The van der Waals surface area contributed by atoms with Gasteiger partial charge >= 0.3 is 0 Å². The molecule has 0 amide bonds. The molecule has 2 aromatic rings. The minimum Gasteiger partial charge on any atom is -0.232 e. The molecule has 24 heavy (non-hydrogen) atoms. The van der Waals surface area contributed by atoms with Gasteiger partial charge in [0.25, 0.3) is 0 Å². The predicted molar refractivity (Wildman–Crippen MR) is 102 cm³/mol. The second-order valence-electron chi connectivity index (χ2n) is 5.20. The first kappa shape index (κ1) is 16.6. The van der Waals surface area contributed by atoms with Gasteiger partial charge in [-0.3, -0.25) is 0 Å². The van der Waals surface area contributed by atoms with Crippen molar-refractivity contribution in [2.45, 2.75) is 6.04 Å². The van der Waals surface area contributed by atoms with Crippen LogP contribution in [0.1, 0.15) is 9.75 Å². The Hall–Kier alpha value is -0.870. The first-order valence-electron chi connectivity index (χ1n) is 6.85. The van der Waals surface area contributed by atoms with E-state index in [4.69, 9.17) is 0 Å². The number of hydrogen-bond donors (Lipinski definition) is 1. The van der Waals surface area contributed by atoms with E-state index in [1.165, 1.54) is 27.8 Å². The molecule has 3 heterocycles. The molecule has 0 aromatic carbocycles. The highest BCUT2D eigenvalue weighted by atomic mass is 79.9. The van der Waals surface area contributed by atoms with E-state index in [1.807, 2.05) is 12.1 Å². The van der Waals surface area contributed by atoms with Gasteiger partial charge in [0.15, 0.2) is 11.7 Å². The first-order valence-corrected chi connectivity index (χ1v) is 10.1. The largest absolute Gasteiger partial charge is 0.232 e. The van der Waals surface area contributed by atoms with Crippen molar-refractivity contribution in [3.8, 4) is 0 Å². The average Bonchev–Trinajstić information content (AvgIpc) is 3.22. The van der Waals surface area contributed by atoms with Crippen molar-refractivity contribution in [3.05, 3.63) is 53.2 Å². The number of halogens is 4. The molecule has 0 spiro atoms. The highest BCUT2D eigenvalue weighted by Gasteiger charge is 2.41. The molecular weight excluding hydrogens is 484 g/mol. The number of hydrazone groups is 1. The second kappa shape index (κ2) is 6.14. The number of hydrogen-bond acceptors (Lipinski definition) is 5. The van der Waals surface area contributed by atoms with Crippen LogP contribution in [0.15, 0.2) is 48.6 Å². The Morgan fingerprint density at radius 1 is 1.04 bits per heavy atom. The summed E-state index contributed by atoms with van der Waals surface area (Å²) < 4.78 is 31.6. The monoisotopic (exact) mass is 491 g/mol. The van der Waals surface area contributed by atoms with E-state index in [0.29, 0.717) is 15.5 Å². The molecule has 124 valence electrons. The lowest BCUT2D eigenvalue weighted by Crippen LogP contribution is -2.39. The maximum Gasteiger partial charge on any atom is 0.169 e. The van der Waals surface area contributed by atoms with Crippen molar-refractivity contribution in [3.63, 3.8) is 0 Å². The van der Waals surface area contributed by atoms with E-state index in [-0.39, 0.29) is 11.1 Å². The minimum atomic E-state index is -0.865. The molecule has 1 aliphatic heterocycles. The molecule has 9 heteroatoms. The van der Waals surface area contributed by atoms with Crippen LogP contribution < -0.4 is 5.43 Å². The zero-order valence-corrected chi connectivity index (χ0v) is 16.9. The summed E-state index contributed by atoms with van der Waals surface area (Å²) in [5.74, 6) is -1.70. The molecule has 0 radical (unpaired) electrons. The quantitative estimate of drug-likeness (QED) is 0.592. The number of thiophene rings is 2. The fraction of sp³-hybridized carbons (Fsp3) is 0.133. The van der Waals surface area contributed by atoms with E-state index in [9.17, 15) is 8.78 Å². The lowest BCUT2D eigenvalue weighted by molar-refractivity contribution is 0.275. The summed E-state index contributed by atoms with van der Waals surface area (Å²) in [5.41, 5.74) is 4.07. The van der Waals surface area contributed by atoms with Crippen LogP contribution in [0.5, 0.6) is 0 Å². The maximum absolute atomic E-state index is 15.0. The summed E-state index contributed by atoms with van der Waals surface area (Å²) in [6, 6.07) is 6.66. The molecule has 4 rings (SSSR count). The van der Waals surface area contributed by atoms with Crippen LogP contribution in [-0.4, -0.2) is 23.9 Å². The fourth-order valence-electron chi connectivity index (χ4n) is 2.75. The maximum atomic E-state index is 15.0. The molecule has 0 saturated heterocycles. The van der Waals surface area contributed by atoms with Crippen LogP contribution in [0.2, 0.25) is 0 Å². The van der Waals surface area contributed by atoms with Gasteiger partial charge in [-0.25, -0.2) is 19.3 Å². The van der Waals surface area contributed by atoms with Crippen molar-refractivity contribution in [1.82, 2.24) is 10.5 Å². The normalized spacial score (nSPS) is 20.8. The Balaban J connectivity index is 1.95. The minimum absolute atomic E-state index is 0.212. The Kier molecular flexibility index (Phi) is 4.24. The van der Waals surface area contributed by atoms with Crippen LogP contribution in [0, 0.1) is 0 Å². The molecular formula is C15H9Br2F2N3S2. The van der Waals surface area contributed by atoms with Crippen LogP contribution in [0.3, 0.4) is 0 Å². The van der Waals surface area contributed by atoms with Crippen molar-refractivity contribution >= 4 is 71.4 Å². The number of nitrogens with zero attached hydrogens (tertiary/aromatic N) is 2. The van der Waals surface area contributed by atoms with Crippen LogP contribution >= 0.6 is 54.5 Å². The predicted octanol–water partition coefficient (Wildman–Crippen LogP) is 5.58. The van der Waals surface area contributed by atoms with Gasteiger partial charge in [0, 0.05) is 22.4 Å². The van der Waals surface area contributed by atoms with Crippen LogP contribution in [0.25, 0.3) is 11.1 Å². The molecule has 2 aromatic heterocycles. The van der Waals surface area contributed by atoms with E-state index in [2.05, 4.69) is 42.4 Å². The topological polar surface area (TPSA) is 27.6 Å². The third kappa shape index (κ3) is 2.62. The number of rotatable bonds is 2. The Morgan fingerprint density at radius 2 is 1.67 bits per heavy atom. The standard InChI is InChI=1S/C15H9Br2F2N3S2/c1-22-20-14-10(6-2-4-8(16)23-6)12(18)13(19)11(15(14)21-22)7-3-5-9(17)24-7/h2-5,14,20H,1H3. The number of hydrazine groups is 1. The summed E-state index contributed by atoms with van der Waals surface area (Å²) in [6.07, 6.45) is 0. The van der Waals surface area contributed by atoms with E-state index >= 15 is 0 Å². The van der Waals surface area contributed by atoms with Crippen molar-refractivity contribution < 1.29 is 8.78 Å². The van der Waals surface area contributed by atoms with Gasteiger partial charge in [-0.1, -0.05) is 0 Å². The zero-order valence-electron chi connectivity index (χ0n) is 12.1. The number of nitrogens with one attached hydrogen (secondary N) is 1. The highest BCUT2D eigenvalue weighted by molar-refractivity contribution is 9.11. The lowest BCUT2D eigenvalue weighted by Gasteiger charge is -2.23. The second-order valence-corrected chi connectivity index (χ2v) is 10.1. The molecule has 0 saturated carbocycles. The molecule has 1 N–H and O–H groups in total. The Morgan fingerprint density at radius 3 is 2.25 bits per heavy atom. The van der Waals surface area contributed by atoms with Crippen molar-refractivity contribution in [2.75, 3.05) is 7.05 Å². The van der Waals surface area contributed by atoms with Crippen LogP contribution in [0.4, 0.5) is 8.78 Å². The molecule has 3 nitrogen and oxygen atoms in total. The van der Waals surface area contributed by atoms with Gasteiger partial charge in [-0.05, 0) is 56.1 Å². The van der Waals surface area contributed by atoms with Gasteiger partial charge in [-0.15, -0.1) is 22.7 Å². The summed E-state index contributed by atoms with van der Waals surface area (Å²) in [5, 5.41) is 5.87. The van der Waals surface area contributed by atoms with Crippen LogP contribution in [-0.2, 0) is 0 Å². The van der Waals surface area contributed by atoms with Gasteiger partial charge in [0.1, 0.15) is 6.04 Å². The third-order valence-electron chi connectivity index (χ3n) is 3.70. The summed E-state index contributed by atoms with van der Waals surface area (Å²) in [6.45, 7) is 0.